The van der Waals surface area contributed by atoms with E-state index in [4.69, 9.17) is 0 Å². The predicted octanol–water partition coefficient (Wildman–Crippen LogP) is 5.83. The molecule has 7 nitrogen and oxygen atoms in total. The van der Waals surface area contributed by atoms with Gasteiger partial charge in [-0.2, -0.15) is 0 Å². The minimum atomic E-state index is -3.86. The van der Waals surface area contributed by atoms with Gasteiger partial charge in [-0.3, -0.25) is 13.9 Å². The average molecular weight is 665 g/mol. The zero-order valence-corrected chi connectivity index (χ0v) is 26.5. The molecule has 42 heavy (non-hydrogen) atoms. The predicted molar refractivity (Wildman–Crippen MR) is 164 cm³/mol. The first-order valence-electron chi connectivity index (χ1n) is 13.5. The first kappa shape index (κ1) is 33.2. The number of carbonyl (C=O) groups excluding carboxylic acids is 2. The molecule has 3 aromatic rings. The minimum Gasteiger partial charge on any atom is -0.350 e. The molecule has 0 heterocycles. The van der Waals surface area contributed by atoms with Gasteiger partial charge in [0.15, 0.2) is 11.6 Å². The van der Waals surface area contributed by atoms with Crippen LogP contribution >= 0.6 is 15.9 Å². The molecule has 0 unspecified atom stereocenters. The fourth-order valence-corrected chi connectivity index (χ4v) is 5.89. The molecule has 0 aliphatic heterocycles. The van der Waals surface area contributed by atoms with Crippen molar-refractivity contribution in [2.24, 2.45) is 0 Å². The van der Waals surface area contributed by atoms with Gasteiger partial charge in [0.05, 0.1) is 11.9 Å². The van der Waals surface area contributed by atoms with E-state index in [1.54, 1.807) is 0 Å². The second-order valence-electron chi connectivity index (χ2n) is 11.1. The highest BCUT2D eigenvalue weighted by Gasteiger charge is 2.32. The maximum absolute atomic E-state index is 13.9. The SMILES string of the molecule is CC(C)(C)NC(=O)[C@@H](Cc1ccccc1)N(Cc1cccc(Br)c1)C(=O)CCCN(c1ccc(F)c(F)c1)S(C)(=O)=O. The topological polar surface area (TPSA) is 86.8 Å². The number of nitrogens with one attached hydrogen (secondary N) is 1. The fraction of sp³-hybridized carbons (Fsp3) is 0.355. The minimum absolute atomic E-state index is 0.0404. The molecule has 3 rings (SSSR count). The zero-order valence-electron chi connectivity index (χ0n) is 24.1. The first-order valence-corrected chi connectivity index (χ1v) is 16.1. The molecule has 0 aromatic heterocycles. The van der Waals surface area contributed by atoms with E-state index in [0.717, 1.165) is 38.3 Å². The van der Waals surface area contributed by atoms with Crippen LogP contribution in [0.5, 0.6) is 0 Å². The lowest BCUT2D eigenvalue weighted by atomic mass is 10.00. The van der Waals surface area contributed by atoms with Crippen LogP contribution in [-0.2, 0) is 32.6 Å². The molecule has 0 aliphatic rings. The standard InChI is InChI=1S/C31H36BrF2N3O4S/c1-31(2,3)35-30(39)28(19-22-10-6-5-7-11-22)36(21-23-12-8-13-24(32)18-23)29(38)14-9-17-37(42(4,40)41)25-15-16-26(33)27(34)20-25/h5-8,10-13,15-16,18,20,28H,9,14,17,19,21H2,1-4H3,(H,35,39)/t28-/m1/s1. The number of hydrogen-bond donors (Lipinski definition) is 1. The average Bonchev–Trinajstić information content (AvgIpc) is 2.89. The summed E-state index contributed by atoms with van der Waals surface area (Å²) in [5.74, 6) is -2.93. The Morgan fingerprint density at radius 1 is 0.929 bits per heavy atom. The number of benzene rings is 3. The lowest BCUT2D eigenvalue weighted by molar-refractivity contribution is -0.142. The van der Waals surface area contributed by atoms with E-state index in [1.165, 1.54) is 11.0 Å². The molecule has 3 aromatic carbocycles. The number of hydrogen-bond acceptors (Lipinski definition) is 4. The molecule has 226 valence electrons. The molecule has 0 saturated heterocycles. The highest BCUT2D eigenvalue weighted by Crippen LogP contribution is 2.23. The summed E-state index contributed by atoms with van der Waals surface area (Å²) >= 11 is 3.46. The molecule has 2 amide bonds. The van der Waals surface area contributed by atoms with E-state index in [-0.39, 0.29) is 49.9 Å². The molecule has 0 spiro atoms. The molecule has 0 bridgehead atoms. The summed E-state index contributed by atoms with van der Waals surface area (Å²) in [6, 6.07) is 18.8. The van der Waals surface area contributed by atoms with Gasteiger partial charge in [-0.25, -0.2) is 17.2 Å². The van der Waals surface area contributed by atoms with Crippen LogP contribution in [0.4, 0.5) is 14.5 Å². The molecular weight excluding hydrogens is 628 g/mol. The van der Waals surface area contributed by atoms with E-state index in [2.05, 4.69) is 21.2 Å². The van der Waals surface area contributed by atoms with Crippen LogP contribution in [0.15, 0.2) is 77.3 Å². The van der Waals surface area contributed by atoms with Gasteiger partial charge in [0, 0.05) is 42.0 Å². The quantitative estimate of drug-likeness (QED) is 0.264. The van der Waals surface area contributed by atoms with Crippen molar-refractivity contribution in [1.82, 2.24) is 10.2 Å². The van der Waals surface area contributed by atoms with Gasteiger partial charge >= 0.3 is 0 Å². The van der Waals surface area contributed by atoms with Gasteiger partial charge in [0.1, 0.15) is 6.04 Å². The van der Waals surface area contributed by atoms with Gasteiger partial charge in [-0.1, -0.05) is 58.4 Å². The Morgan fingerprint density at radius 2 is 1.60 bits per heavy atom. The normalized spacial score (nSPS) is 12.5. The molecule has 1 N–H and O–H groups in total. The van der Waals surface area contributed by atoms with Gasteiger partial charge < -0.3 is 10.2 Å². The van der Waals surface area contributed by atoms with Gasteiger partial charge in [-0.05, 0) is 62.6 Å². The van der Waals surface area contributed by atoms with Crippen LogP contribution in [-0.4, -0.2) is 49.5 Å². The van der Waals surface area contributed by atoms with Crippen molar-refractivity contribution in [2.45, 2.75) is 58.2 Å². The largest absolute Gasteiger partial charge is 0.350 e. The molecule has 0 aliphatic carbocycles. The van der Waals surface area contributed by atoms with Gasteiger partial charge in [0.2, 0.25) is 21.8 Å². The molecule has 0 radical (unpaired) electrons. The monoisotopic (exact) mass is 663 g/mol. The van der Waals surface area contributed by atoms with Gasteiger partial charge in [-0.15, -0.1) is 0 Å². The third-order valence-corrected chi connectivity index (χ3v) is 8.04. The Labute approximate surface area is 255 Å². The first-order chi connectivity index (χ1) is 19.6. The number of halogens is 3. The molecule has 0 saturated carbocycles. The molecule has 1 atom stereocenters. The lowest BCUT2D eigenvalue weighted by Crippen LogP contribution is -2.54. The van der Waals surface area contributed by atoms with Crippen molar-refractivity contribution < 1.29 is 26.8 Å². The van der Waals surface area contributed by atoms with E-state index in [1.807, 2.05) is 75.4 Å². The summed E-state index contributed by atoms with van der Waals surface area (Å²) in [4.78, 5) is 29.0. The van der Waals surface area contributed by atoms with Crippen molar-refractivity contribution in [3.05, 3.63) is 100 Å². The summed E-state index contributed by atoms with van der Waals surface area (Å²) in [5, 5.41) is 3.00. The van der Waals surface area contributed by atoms with E-state index in [0.29, 0.717) is 0 Å². The summed E-state index contributed by atoms with van der Waals surface area (Å²) in [6.45, 7) is 5.60. The molecule has 11 heteroatoms. The van der Waals surface area contributed by atoms with Crippen LogP contribution in [0, 0.1) is 11.6 Å². The van der Waals surface area contributed by atoms with Crippen molar-refractivity contribution in [3.63, 3.8) is 0 Å². The second kappa shape index (κ2) is 14.2. The number of rotatable bonds is 12. The van der Waals surface area contributed by atoms with Crippen LogP contribution in [0.25, 0.3) is 0 Å². The van der Waals surface area contributed by atoms with Crippen LogP contribution in [0.1, 0.15) is 44.7 Å². The third kappa shape index (κ3) is 9.90. The van der Waals surface area contributed by atoms with Crippen LogP contribution < -0.4 is 9.62 Å². The Morgan fingerprint density at radius 3 is 2.19 bits per heavy atom. The molecular formula is C31H36BrF2N3O4S. The maximum Gasteiger partial charge on any atom is 0.243 e. The Balaban J connectivity index is 1.91. The van der Waals surface area contributed by atoms with E-state index in [9.17, 15) is 26.8 Å². The maximum atomic E-state index is 13.9. The molecule has 0 fully saturated rings. The van der Waals surface area contributed by atoms with Crippen molar-refractivity contribution >= 4 is 43.5 Å². The smallest absolute Gasteiger partial charge is 0.243 e. The summed E-state index contributed by atoms with van der Waals surface area (Å²) in [5.41, 5.74) is 1.09. The Hall–Kier alpha value is -3.31. The number of carbonyl (C=O) groups is 2. The van der Waals surface area contributed by atoms with Crippen LogP contribution in [0.3, 0.4) is 0 Å². The third-order valence-electron chi connectivity index (χ3n) is 6.35. The van der Waals surface area contributed by atoms with Crippen LogP contribution in [0.2, 0.25) is 0 Å². The van der Waals surface area contributed by atoms with Crippen molar-refractivity contribution in [2.75, 3.05) is 17.1 Å². The second-order valence-corrected chi connectivity index (χ2v) is 14.0. The Bertz CT molecular complexity index is 1500. The van der Waals surface area contributed by atoms with E-state index < -0.39 is 33.2 Å². The van der Waals surface area contributed by atoms with E-state index >= 15 is 0 Å². The number of sulfonamides is 1. The Kier molecular flexibility index (Phi) is 11.3. The van der Waals surface area contributed by atoms with Crippen molar-refractivity contribution in [3.8, 4) is 0 Å². The highest BCUT2D eigenvalue weighted by atomic mass is 79.9. The fourth-order valence-electron chi connectivity index (χ4n) is 4.48. The van der Waals surface area contributed by atoms with Gasteiger partial charge in [0.25, 0.3) is 0 Å². The highest BCUT2D eigenvalue weighted by molar-refractivity contribution is 9.10. The summed E-state index contributed by atoms with van der Waals surface area (Å²) in [7, 11) is -3.86. The summed E-state index contributed by atoms with van der Waals surface area (Å²) < 4.78 is 54.1. The van der Waals surface area contributed by atoms with Crippen molar-refractivity contribution in [1.29, 1.82) is 0 Å². The summed E-state index contributed by atoms with van der Waals surface area (Å²) in [6.07, 6.45) is 1.23. The number of amides is 2. The zero-order chi connectivity index (χ0) is 31.1. The number of nitrogens with zero attached hydrogens (tertiary/aromatic N) is 2. The number of anilines is 1. The lowest BCUT2D eigenvalue weighted by Gasteiger charge is -2.34.